The van der Waals surface area contributed by atoms with E-state index in [-0.39, 0.29) is 0 Å². The van der Waals surface area contributed by atoms with Crippen LogP contribution in [0.25, 0.3) is 0 Å². The predicted molar refractivity (Wildman–Crippen MR) is 105 cm³/mol. The van der Waals surface area contributed by atoms with Crippen LogP contribution in [0, 0.1) is 18.8 Å². The summed E-state index contributed by atoms with van der Waals surface area (Å²) in [5.74, 6) is 5.92. The van der Waals surface area contributed by atoms with Gasteiger partial charge in [-0.3, -0.25) is 0 Å². The fourth-order valence-corrected chi connectivity index (χ4v) is 3.91. The molecule has 2 atom stereocenters. The molecule has 0 radical (unpaired) electrons. The lowest BCUT2D eigenvalue weighted by Gasteiger charge is -2.20. The average Bonchev–Trinajstić information content (AvgIpc) is 2.67. The fourth-order valence-electron chi connectivity index (χ4n) is 2.60. The molecular weight excluding hydrogens is 340 g/mol. The van der Waals surface area contributed by atoms with Gasteiger partial charge >= 0.3 is 0 Å². The first-order valence-electron chi connectivity index (χ1n) is 8.36. The summed E-state index contributed by atoms with van der Waals surface area (Å²) in [5.41, 5.74) is 1.08. The highest BCUT2D eigenvalue weighted by molar-refractivity contribution is 7.85. The Labute approximate surface area is 157 Å². The predicted octanol–water partition coefficient (Wildman–Crippen LogP) is 4.42. The largest absolute Gasteiger partial charge is 0.374 e. The molecule has 0 spiro atoms. The van der Waals surface area contributed by atoms with E-state index in [9.17, 15) is 9.32 Å². The molecule has 2 nitrogen and oxygen atoms in total. The Bertz CT molecular complexity index is 978. The van der Waals surface area contributed by atoms with Gasteiger partial charge in [-0.15, -0.1) is 0 Å². The number of aryl methyl sites for hydroxylation is 1. The van der Waals surface area contributed by atoms with Gasteiger partial charge in [0.25, 0.3) is 0 Å². The summed E-state index contributed by atoms with van der Waals surface area (Å²) in [6.45, 7) is 3.62. The Morgan fingerprint density at radius 2 is 1.50 bits per heavy atom. The molecule has 26 heavy (non-hydrogen) atoms. The van der Waals surface area contributed by atoms with E-state index in [0.29, 0.717) is 15.4 Å². The van der Waals surface area contributed by atoms with Crippen molar-refractivity contribution in [2.75, 3.05) is 0 Å². The Morgan fingerprint density at radius 1 is 0.885 bits per heavy atom. The molecule has 0 unspecified atom stereocenters. The van der Waals surface area contributed by atoms with Crippen LogP contribution in [-0.4, -0.2) is 9.32 Å². The molecule has 3 aromatic rings. The summed E-state index contributed by atoms with van der Waals surface area (Å²) in [5, 5.41) is 11.0. The zero-order valence-electron chi connectivity index (χ0n) is 14.8. The summed E-state index contributed by atoms with van der Waals surface area (Å²) in [4.78, 5) is 1.28. The molecule has 3 aromatic carbocycles. The lowest BCUT2D eigenvalue weighted by molar-refractivity contribution is 0.119. The molecule has 0 aliphatic heterocycles. The topological polar surface area (TPSA) is 37.3 Å². The van der Waals surface area contributed by atoms with Gasteiger partial charge in [0.1, 0.15) is 5.60 Å². The number of benzene rings is 3. The molecule has 0 aliphatic rings. The third-order valence-corrected chi connectivity index (χ3v) is 5.53. The highest BCUT2D eigenvalue weighted by Crippen LogP contribution is 2.29. The molecule has 1 N–H and O–H groups in total. The van der Waals surface area contributed by atoms with E-state index >= 15 is 0 Å². The van der Waals surface area contributed by atoms with Gasteiger partial charge in [0.05, 0.1) is 15.7 Å². The second kappa shape index (κ2) is 7.70. The van der Waals surface area contributed by atoms with E-state index in [0.717, 1.165) is 11.1 Å². The van der Waals surface area contributed by atoms with Crippen LogP contribution in [0.3, 0.4) is 0 Å². The maximum Gasteiger partial charge on any atom is 0.149 e. The molecule has 130 valence electrons. The van der Waals surface area contributed by atoms with Crippen molar-refractivity contribution in [3.8, 4) is 11.8 Å². The monoisotopic (exact) mass is 360 g/mol. The second-order valence-corrected chi connectivity index (χ2v) is 7.71. The summed E-state index contributed by atoms with van der Waals surface area (Å²) < 4.78 is 13.1. The minimum Gasteiger partial charge on any atom is -0.374 e. The Kier molecular flexibility index (Phi) is 5.37. The van der Waals surface area contributed by atoms with Gasteiger partial charge in [-0.25, -0.2) is 4.21 Å². The maximum atomic E-state index is 13.1. The molecule has 0 amide bonds. The van der Waals surface area contributed by atoms with E-state index in [2.05, 4.69) is 11.8 Å². The first kappa shape index (κ1) is 18.1. The van der Waals surface area contributed by atoms with Crippen molar-refractivity contribution in [3.05, 3.63) is 95.6 Å². The standard InChI is InChI=1S/C23H20O2S/c1-18-12-14-20(15-13-18)26(25)22-11-7-6-10-21(22)23(2,24)17-16-19-8-4-3-5-9-19/h3-15,24H,1-2H3/t23-,26+/m1/s1. The zero-order chi connectivity index (χ0) is 18.6. The Hall–Kier alpha value is -2.67. The van der Waals surface area contributed by atoms with Crippen LogP contribution in [0.1, 0.15) is 23.6 Å². The quantitative estimate of drug-likeness (QED) is 0.702. The van der Waals surface area contributed by atoms with E-state index < -0.39 is 16.4 Å². The molecule has 0 saturated carbocycles. The van der Waals surface area contributed by atoms with Crippen LogP contribution in [-0.2, 0) is 16.4 Å². The van der Waals surface area contributed by atoms with Crippen LogP contribution in [0.2, 0.25) is 0 Å². The third-order valence-electron chi connectivity index (χ3n) is 4.07. The molecule has 0 aliphatic carbocycles. The SMILES string of the molecule is Cc1ccc([S@](=O)c2ccccc2[C@](C)(O)C#Cc2ccccc2)cc1. The molecule has 0 saturated heterocycles. The molecule has 0 heterocycles. The van der Waals surface area contributed by atoms with Crippen molar-refractivity contribution in [1.29, 1.82) is 0 Å². The van der Waals surface area contributed by atoms with Crippen LogP contribution in [0.5, 0.6) is 0 Å². The highest BCUT2D eigenvalue weighted by Gasteiger charge is 2.26. The van der Waals surface area contributed by atoms with Crippen molar-refractivity contribution < 1.29 is 9.32 Å². The van der Waals surface area contributed by atoms with Gasteiger partial charge in [-0.1, -0.05) is 65.9 Å². The van der Waals surface area contributed by atoms with Crippen molar-refractivity contribution in [3.63, 3.8) is 0 Å². The zero-order valence-corrected chi connectivity index (χ0v) is 15.6. The van der Waals surface area contributed by atoms with E-state index in [4.69, 9.17) is 0 Å². The number of hydrogen-bond donors (Lipinski definition) is 1. The summed E-state index contributed by atoms with van der Waals surface area (Å²) in [7, 11) is -1.39. The lowest BCUT2D eigenvalue weighted by Crippen LogP contribution is -2.21. The van der Waals surface area contributed by atoms with Crippen LogP contribution in [0.15, 0.2) is 88.7 Å². The Morgan fingerprint density at radius 3 is 2.19 bits per heavy atom. The van der Waals surface area contributed by atoms with Crippen molar-refractivity contribution in [2.45, 2.75) is 29.2 Å². The maximum absolute atomic E-state index is 13.1. The lowest BCUT2D eigenvalue weighted by atomic mass is 9.96. The molecule has 0 aromatic heterocycles. The second-order valence-electron chi connectivity index (χ2n) is 6.27. The van der Waals surface area contributed by atoms with Gasteiger partial charge in [0.15, 0.2) is 0 Å². The number of aliphatic hydroxyl groups is 1. The van der Waals surface area contributed by atoms with Crippen molar-refractivity contribution >= 4 is 10.8 Å². The van der Waals surface area contributed by atoms with E-state index in [1.165, 1.54) is 0 Å². The smallest absolute Gasteiger partial charge is 0.149 e. The molecule has 3 heteroatoms. The van der Waals surface area contributed by atoms with Crippen LogP contribution < -0.4 is 0 Å². The highest BCUT2D eigenvalue weighted by atomic mass is 32.2. The number of rotatable bonds is 3. The van der Waals surface area contributed by atoms with E-state index in [1.807, 2.05) is 73.7 Å². The van der Waals surface area contributed by atoms with Crippen molar-refractivity contribution in [1.82, 2.24) is 0 Å². The molecule has 0 fully saturated rings. The first-order valence-corrected chi connectivity index (χ1v) is 9.51. The van der Waals surface area contributed by atoms with Crippen LogP contribution in [0.4, 0.5) is 0 Å². The third kappa shape index (κ3) is 4.11. The minimum atomic E-state index is -1.41. The molecular formula is C23H20O2S. The van der Waals surface area contributed by atoms with Crippen LogP contribution >= 0.6 is 0 Å². The van der Waals surface area contributed by atoms with Gasteiger partial charge in [-0.2, -0.15) is 0 Å². The summed E-state index contributed by atoms with van der Waals surface area (Å²) in [6.07, 6.45) is 0. The summed E-state index contributed by atoms with van der Waals surface area (Å²) in [6, 6.07) is 24.3. The van der Waals surface area contributed by atoms with Gasteiger partial charge in [0.2, 0.25) is 0 Å². The van der Waals surface area contributed by atoms with Gasteiger partial charge in [-0.05, 0) is 44.2 Å². The fraction of sp³-hybridized carbons (Fsp3) is 0.130. The van der Waals surface area contributed by atoms with Gasteiger partial charge in [0, 0.05) is 16.0 Å². The average molecular weight is 360 g/mol. The first-order chi connectivity index (χ1) is 12.5. The molecule has 0 bridgehead atoms. The normalized spacial score (nSPS) is 14.0. The minimum absolute atomic E-state index is 0.558. The van der Waals surface area contributed by atoms with Gasteiger partial charge < -0.3 is 5.11 Å². The molecule has 3 rings (SSSR count). The summed E-state index contributed by atoms with van der Waals surface area (Å²) >= 11 is 0. The number of hydrogen-bond acceptors (Lipinski definition) is 2. The van der Waals surface area contributed by atoms with E-state index in [1.54, 1.807) is 19.1 Å². The van der Waals surface area contributed by atoms with Crippen molar-refractivity contribution in [2.24, 2.45) is 0 Å². The Balaban J connectivity index is 2.00.